The monoisotopic (exact) mass is 570 g/mol. The second kappa shape index (κ2) is 9.75. The van der Waals surface area contributed by atoms with Crippen LogP contribution in [0.15, 0.2) is 73.8 Å². The maximum absolute atomic E-state index is 12.9. The molecule has 0 aliphatic carbocycles. The molecule has 7 nitrogen and oxygen atoms in total. The van der Waals surface area contributed by atoms with E-state index in [4.69, 9.17) is 16.0 Å². The zero-order valence-electron chi connectivity index (χ0n) is 19.1. The standard InChI is InChI=1S/C26H19ClN2O5S3/c27-11-13-3-1-5-17-16-7-6-15(9-18(16)34-23(13)17)37-19-12-36-25-21(24(31)29(25)22(19)26(32)33)28-20(30)10-14-4-2-8-35-14/h1-9,21,25H,10-12H2,(H,28,30)(H,32,33)/t21-,25+/m1/s1. The van der Waals surface area contributed by atoms with Crippen molar-refractivity contribution in [3.05, 3.63) is 75.0 Å². The van der Waals surface area contributed by atoms with E-state index in [9.17, 15) is 19.5 Å². The van der Waals surface area contributed by atoms with Crippen molar-refractivity contribution in [3.63, 3.8) is 0 Å². The normalized spacial score (nSPS) is 19.3. The Labute approximate surface area is 228 Å². The number of carbonyl (C=O) groups is 3. The number of alkyl halides is 1. The molecule has 188 valence electrons. The Morgan fingerprint density at radius 3 is 2.81 bits per heavy atom. The number of halogens is 1. The fourth-order valence-corrected chi connectivity index (χ4v) is 8.03. The van der Waals surface area contributed by atoms with Gasteiger partial charge in [0.25, 0.3) is 5.91 Å². The lowest BCUT2D eigenvalue weighted by Crippen LogP contribution is -2.70. The molecule has 2 N–H and O–H groups in total. The molecule has 0 spiro atoms. The van der Waals surface area contributed by atoms with E-state index in [0.29, 0.717) is 22.1 Å². The average molecular weight is 571 g/mol. The number of nitrogens with zero attached hydrogens (tertiary/aromatic N) is 1. The topological polar surface area (TPSA) is 99.9 Å². The molecule has 0 radical (unpaired) electrons. The summed E-state index contributed by atoms with van der Waals surface area (Å²) < 4.78 is 6.09. The zero-order chi connectivity index (χ0) is 25.7. The lowest BCUT2D eigenvalue weighted by Gasteiger charge is -2.49. The number of thioether (sulfide) groups is 2. The highest BCUT2D eigenvalue weighted by molar-refractivity contribution is 8.06. The van der Waals surface area contributed by atoms with E-state index in [2.05, 4.69) is 5.32 Å². The van der Waals surface area contributed by atoms with E-state index in [-0.39, 0.29) is 18.0 Å². The Hall–Kier alpha value is -2.92. The molecule has 1 fully saturated rings. The van der Waals surface area contributed by atoms with E-state index < -0.39 is 23.3 Å². The predicted octanol–water partition coefficient (Wildman–Crippen LogP) is 5.42. The van der Waals surface area contributed by atoms with Crippen molar-refractivity contribution >= 4 is 86.2 Å². The Balaban J connectivity index is 1.24. The number of thiophene rings is 1. The lowest BCUT2D eigenvalue weighted by molar-refractivity contribution is -0.150. The second-order valence-electron chi connectivity index (χ2n) is 8.58. The van der Waals surface area contributed by atoms with Crippen molar-refractivity contribution in [2.45, 2.75) is 28.6 Å². The van der Waals surface area contributed by atoms with Gasteiger partial charge in [0, 0.05) is 36.8 Å². The number of aliphatic carboxylic acids is 1. The molecule has 4 heterocycles. The number of furan rings is 1. The van der Waals surface area contributed by atoms with E-state index in [1.165, 1.54) is 39.8 Å². The van der Waals surface area contributed by atoms with Gasteiger partial charge in [-0.15, -0.1) is 34.7 Å². The van der Waals surface area contributed by atoms with Crippen molar-refractivity contribution in [2.75, 3.05) is 5.75 Å². The van der Waals surface area contributed by atoms with Crippen LogP contribution in [0.5, 0.6) is 0 Å². The summed E-state index contributed by atoms with van der Waals surface area (Å²) in [6, 6.07) is 14.6. The zero-order valence-corrected chi connectivity index (χ0v) is 22.3. The fraction of sp³-hybridized carbons (Fsp3) is 0.192. The van der Waals surface area contributed by atoms with E-state index in [1.807, 2.05) is 53.9 Å². The highest BCUT2D eigenvalue weighted by Gasteiger charge is 2.54. The molecule has 37 heavy (non-hydrogen) atoms. The Kier molecular flexibility index (Phi) is 6.44. The Bertz CT molecular complexity index is 1600. The molecule has 6 rings (SSSR count). The van der Waals surface area contributed by atoms with Gasteiger partial charge in [-0.05, 0) is 29.6 Å². The molecular formula is C26H19ClN2O5S3. The first-order valence-corrected chi connectivity index (χ1v) is 14.6. The quantitative estimate of drug-likeness (QED) is 0.226. The summed E-state index contributed by atoms with van der Waals surface area (Å²) in [6.45, 7) is 0. The molecule has 0 bridgehead atoms. The smallest absolute Gasteiger partial charge is 0.353 e. The number of hydrogen-bond acceptors (Lipinski definition) is 7. The van der Waals surface area contributed by atoms with Crippen LogP contribution in [0.2, 0.25) is 0 Å². The number of carbonyl (C=O) groups excluding carboxylic acids is 2. The van der Waals surface area contributed by atoms with Crippen molar-refractivity contribution in [1.82, 2.24) is 10.2 Å². The molecule has 2 aromatic carbocycles. The van der Waals surface area contributed by atoms with Crippen molar-refractivity contribution < 1.29 is 23.9 Å². The summed E-state index contributed by atoms with van der Waals surface area (Å²) in [7, 11) is 0. The molecule has 11 heteroatoms. The van der Waals surface area contributed by atoms with Gasteiger partial charge in [-0.2, -0.15) is 0 Å². The van der Waals surface area contributed by atoms with Gasteiger partial charge in [-0.1, -0.05) is 36.0 Å². The Morgan fingerprint density at radius 2 is 2.05 bits per heavy atom. The highest BCUT2D eigenvalue weighted by Crippen LogP contribution is 2.46. The number of carboxylic acid groups (broad SMARTS) is 1. The molecule has 2 amide bonds. The number of hydrogen-bond donors (Lipinski definition) is 2. The number of β-lactam (4-membered cyclic amide) rings is 1. The van der Waals surface area contributed by atoms with Gasteiger partial charge >= 0.3 is 5.97 Å². The van der Waals surface area contributed by atoms with E-state index >= 15 is 0 Å². The summed E-state index contributed by atoms with van der Waals surface area (Å²) in [5.74, 6) is -1.08. The van der Waals surface area contributed by atoms with Gasteiger partial charge in [-0.3, -0.25) is 14.5 Å². The van der Waals surface area contributed by atoms with Gasteiger partial charge < -0.3 is 14.8 Å². The third-order valence-corrected chi connectivity index (χ3v) is 10.0. The number of fused-ring (bicyclic) bond motifs is 4. The largest absolute Gasteiger partial charge is 0.477 e. The lowest BCUT2D eigenvalue weighted by atomic mass is 10.0. The number of nitrogens with one attached hydrogen (secondary N) is 1. The maximum atomic E-state index is 12.9. The molecule has 0 unspecified atom stereocenters. The Morgan fingerprint density at radius 1 is 1.19 bits per heavy atom. The van der Waals surface area contributed by atoms with Crippen LogP contribution in [-0.4, -0.2) is 45.0 Å². The van der Waals surface area contributed by atoms with Crippen molar-refractivity contribution in [1.29, 1.82) is 0 Å². The molecular weight excluding hydrogens is 552 g/mol. The fourth-order valence-electron chi connectivity index (χ4n) is 4.61. The number of amides is 2. The van der Waals surface area contributed by atoms with Crippen LogP contribution >= 0.6 is 46.5 Å². The van der Waals surface area contributed by atoms with Gasteiger partial charge in [0.2, 0.25) is 5.91 Å². The molecule has 2 aromatic heterocycles. The van der Waals surface area contributed by atoms with Crippen LogP contribution in [0.1, 0.15) is 10.4 Å². The number of benzene rings is 2. The SMILES string of the molecule is O=C(Cc1cccs1)N[C@@H]1C(=O)N2C(C(=O)O)=C(Sc3ccc4c(c3)oc3c(CCl)cccc34)CS[C@@H]12. The van der Waals surface area contributed by atoms with Gasteiger partial charge in [-0.25, -0.2) is 4.79 Å². The molecule has 2 atom stereocenters. The predicted molar refractivity (Wildman–Crippen MR) is 147 cm³/mol. The van der Waals surface area contributed by atoms with Crippen molar-refractivity contribution in [2.24, 2.45) is 0 Å². The van der Waals surface area contributed by atoms with Crippen molar-refractivity contribution in [3.8, 4) is 0 Å². The van der Waals surface area contributed by atoms with Crippen LogP contribution < -0.4 is 5.32 Å². The molecule has 4 aromatic rings. The highest BCUT2D eigenvalue weighted by atomic mass is 35.5. The van der Waals surface area contributed by atoms with Crippen LogP contribution in [0.3, 0.4) is 0 Å². The van der Waals surface area contributed by atoms with E-state index in [0.717, 1.165) is 31.7 Å². The minimum absolute atomic E-state index is 0.0309. The summed E-state index contributed by atoms with van der Waals surface area (Å²) in [5.41, 5.74) is 2.31. The van der Waals surface area contributed by atoms with Gasteiger partial charge in [0.15, 0.2) is 0 Å². The first kappa shape index (κ1) is 24.4. The summed E-state index contributed by atoms with van der Waals surface area (Å²) in [5, 5.41) is 16.2. The summed E-state index contributed by atoms with van der Waals surface area (Å²) in [4.78, 5) is 41.2. The van der Waals surface area contributed by atoms with Crippen LogP contribution in [-0.2, 0) is 26.7 Å². The first-order chi connectivity index (χ1) is 17.9. The van der Waals surface area contributed by atoms with Crippen LogP contribution in [0.25, 0.3) is 21.9 Å². The van der Waals surface area contributed by atoms with E-state index in [1.54, 1.807) is 0 Å². The number of rotatable bonds is 7. The third-order valence-electron chi connectivity index (χ3n) is 6.30. The minimum Gasteiger partial charge on any atom is -0.477 e. The molecule has 1 saturated heterocycles. The van der Waals surface area contributed by atoms with Gasteiger partial charge in [0.05, 0.1) is 12.3 Å². The first-order valence-electron chi connectivity index (χ1n) is 11.4. The summed E-state index contributed by atoms with van der Waals surface area (Å²) >= 11 is 10.3. The third kappa shape index (κ3) is 4.31. The maximum Gasteiger partial charge on any atom is 0.353 e. The van der Waals surface area contributed by atoms with Crippen LogP contribution in [0, 0.1) is 0 Å². The molecule has 2 aliphatic rings. The summed E-state index contributed by atoms with van der Waals surface area (Å²) in [6.07, 6.45) is 0.193. The minimum atomic E-state index is -1.17. The van der Waals surface area contributed by atoms with Gasteiger partial charge in [0.1, 0.15) is 28.3 Å². The molecule has 0 saturated carbocycles. The average Bonchev–Trinajstić information content (AvgIpc) is 3.53. The molecule has 2 aliphatic heterocycles. The number of para-hydroxylation sites is 1. The second-order valence-corrected chi connectivity index (χ2v) is 12.2. The number of carboxylic acids is 1. The van der Waals surface area contributed by atoms with Crippen LogP contribution in [0.4, 0.5) is 0 Å².